The predicted molar refractivity (Wildman–Crippen MR) is 155 cm³/mol. The van der Waals surface area contributed by atoms with Gasteiger partial charge >= 0.3 is 11.9 Å². The van der Waals surface area contributed by atoms with E-state index in [1.807, 2.05) is 18.7 Å². The number of amides is 1. The molecule has 3 aliphatic rings. The molecule has 2 fully saturated rings. The Morgan fingerprint density at radius 3 is 2.48 bits per heavy atom. The number of anilines is 1. The minimum Gasteiger partial charge on any atom is -0.352 e. The van der Waals surface area contributed by atoms with Crippen molar-refractivity contribution in [1.29, 1.82) is 0 Å². The van der Waals surface area contributed by atoms with Crippen LogP contribution in [0.15, 0.2) is 39.2 Å². The molecule has 212 valence electrons. The first-order chi connectivity index (χ1) is 18.9. The summed E-state index contributed by atoms with van der Waals surface area (Å²) < 4.78 is 46.1. The lowest BCUT2D eigenvalue weighted by molar-refractivity contribution is -0.137. The molecule has 0 N–H and O–H groups in total. The van der Waals surface area contributed by atoms with Crippen molar-refractivity contribution < 1.29 is 18.0 Å². The van der Waals surface area contributed by atoms with Gasteiger partial charge in [-0.3, -0.25) is 9.36 Å². The zero-order valence-electron chi connectivity index (χ0n) is 22.1. The molecule has 2 aromatic heterocycles. The number of thioether (sulfide) groups is 1. The van der Waals surface area contributed by atoms with Gasteiger partial charge in [-0.2, -0.15) is 29.5 Å². The van der Waals surface area contributed by atoms with Gasteiger partial charge in [0, 0.05) is 69.6 Å². The lowest BCUT2D eigenvalue weighted by Gasteiger charge is -2.45. The Kier molecular flexibility index (Phi) is 6.78. The second kappa shape index (κ2) is 9.80. The molecule has 0 unspecified atom stereocenters. The Bertz CT molecular complexity index is 1580. The molecule has 0 radical (unpaired) electrons. The van der Waals surface area contributed by atoms with E-state index in [2.05, 4.69) is 11.6 Å². The molecule has 6 nitrogen and oxygen atoms in total. The van der Waals surface area contributed by atoms with Crippen molar-refractivity contribution in [3.8, 4) is 11.1 Å². The zero-order valence-corrected chi connectivity index (χ0v) is 24.4. The van der Waals surface area contributed by atoms with Crippen molar-refractivity contribution in [2.24, 2.45) is 5.41 Å². The van der Waals surface area contributed by atoms with Crippen LogP contribution in [-0.4, -0.2) is 51.3 Å². The largest absolute Gasteiger partial charge is 0.417 e. The van der Waals surface area contributed by atoms with Gasteiger partial charge in [0.15, 0.2) is 0 Å². The van der Waals surface area contributed by atoms with E-state index in [1.165, 1.54) is 29.2 Å². The summed E-state index contributed by atoms with van der Waals surface area (Å²) in [5.41, 5.74) is -0.576. The maximum Gasteiger partial charge on any atom is 0.417 e. The molecule has 2 atom stereocenters. The highest BCUT2D eigenvalue weighted by atomic mass is 35.5. The fourth-order valence-electron chi connectivity index (χ4n) is 6.49. The first-order valence-corrected chi connectivity index (χ1v) is 15.5. The highest BCUT2D eigenvalue weighted by Crippen LogP contribution is 2.54. The van der Waals surface area contributed by atoms with Crippen LogP contribution in [0.1, 0.15) is 38.7 Å². The molecule has 1 aromatic carbocycles. The molecular weight excluding hydrogens is 581 g/mol. The second-order valence-electron chi connectivity index (χ2n) is 11.2. The van der Waals surface area contributed by atoms with E-state index in [4.69, 9.17) is 11.6 Å². The fraction of sp³-hybridized carbons (Fsp3) is 0.464. The quantitative estimate of drug-likeness (QED) is 0.310. The normalized spacial score (nSPS) is 22.4. The van der Waals surface area contributed by atoms with Crippen LogP contribution in [0.25, 0.3) is 22.0 Å². The van der Waals surface area contributed by atoms with Crippen molar-refractivity contribution >= 4 is 57.3 Å². The number of piperazine rings is 1. The Morgan fingerprint density at radius 2 is 1.93 bits per heavy atom. The van der Waals surface area contributed by atoms with Crippen molar-refractivity contribution in [3.63, 3.8) is 0 Å². The Labute approximate surface area is 242 Å². The molecule has 4 heterocycles. The molecule has 40 heavy (non-hydrogen) atoms. The van der Waals surface area contributed by atoms with Gasteiger partial charge in [-0.05, 0) is 44.2 Å². The summed E-state index contributed by atoms with van der Waals surface area (Å²) in [7, 11) is 0. The number of benzene rings is 1. The Balaban J connectivity index is 1.63. The molecule has 12 heteroatoms. The summed E-state index contributed by atoms with van der Waals surface area (Å²) >= 11 is 9.08. The average molecular weight is 609 g/mol. The predicted octanol–water partition coefficient (Wildman–Crippen LogP) is 6.68. The summed E-state index contributed by atoms with van der Waals surface area (Å²) in [6.07, 6.45) is -0.544. The van der Waals surface area contributed by atoms with E-state index in [1.54, 1.807) is 20.2 Å². The number of rotatable bonds is 3. The number of nitrogens with zero attached hydrogens (tertiary/aromatic N) is 4. The molecule has 1 aliphatic carbocycles. The van der Waals surface area contributed by atoms with Gasteiger partial charge in [0.1, 0.15) is 5.82 Å². The number of hydrogen-bond acceptors (Lipinski definition) is 6. The van der Waals surface area contributed by atoms with Gasteiger partial charge in [0.05, 0.1) is 16.1 Å². The molecule has 3 aromatic rings. The molecule has 2 aliphatic heterocycles. The van der Waals surface area contributed by atoms with Gasteiger partial charge in [0.2, 0.25) is 5.91 Å². The first kappa shape index (κ1) is 27.7. The van der Waals surface area contributed by atoms with Crippen LogP contribution in [0, 0.1) is 5.41 Å². The number of alkyl halides is 3. The third-order valence-electron chi connectivity index (χ3n) is 8.47. The van der Waals surface area contributed by atoms with Crippen molar-refractivity contribution in [3.05, 3.63) is 50.6 Å². The standard InChI is InChI=1S/C28H28ClF3N4O2S2/c1-4-21(37)36-15(2)9-34(10-16(36)3)25-17-8-19(28(30,31)32)22(18-11-39-12-20(18)29)24-23(17)35(26(38)33-25)13-27(14-40-24)6-5-7-27/h4,8,11-12,15-16H,1,5-7,9-10,13-14H2,2-3H3/t15-,16+. The van der Waals surface area contributed by atoms with Gasteiger partial charge in [-0.25, -0.2) is 4.79 Å². The lowest BCUT2D eigenvalue weighted by Crippen LogP contribution is -2.58. The SMILES string of the molecule is C=CC(=O)N1[C@H](C)CN(c2nc(=O)n3c4c(c(-c5cscc5Cl)c(C(F)(F)F)cc24)SCC2(CCC2)C3)C[C@@H]1C. The van der Waals surface area contributed by atoms with E-state index in [0.29, 0.717) is 46.7 Å². The smallest absolute Gasteiger partial charge is 0.352 e. The summed E-state index contributed by atoms with van der Waals surface area (Å²) in [5.74, 6) is 0.630. The Morgan fingerprint density at radius 1 is 1.23 bits per heavy atom. The topological polar surface area (TPSA) is 58.4 Å². The van der Waals surface area contributed by atoms with E-state index < -0.39 is 17.4 Å². The van der Waals surface area contributed by atoms with Gasteiger partial charge < -0.3 is 9.80 Å². The monoisotopic (exact) mass is 608 g/mol. The van der Waals surface area contributed by atoms with Crippen LogP contribution in [0.5, 0.6) is 0 Å². The summed E-state index contributed by atoms with van der Waals surface area (Å²) in [6, 6.07) is 0.626. The maximum absolute atomic E-state index is 14.8. The molecule has 1 saturated carbocycles. The number of hydrogen-bond donors (Lipinski definition) is 0. The van der Waals surface area contributed by atoms with Crippen molar-refractivity contribution in [1.82, 2.24) is 14.5 Å². The minimum absolute atomic E-state index is 0.0288. The van der Waals surface area contributed by atoms with Crippen molar-refractivity contribution in [2.75, 3.05) is 23.7 Å². The number of aromatic nitrogens is 2. The van der Waals surface area contributed by atoms with Crippen LogP contribution in [0.4, 0.5) is 19.0 Å². The second-order valence-corrected chi connectivity index (χ2v) is 13.3. The Hall–Kier alpha value is -2.50. The maximum atomic E-state index is 14.8. The number of halogens is 4. The average Bonchev–Trinajstić information content (AvgIpc) is 3.19. The fourth-order valence-corrected chi connectivity index (χ4v) is 9.11. The molecule has 0 bridgehead atoms. The third kappa shape index (κ3) is 4.36. The zero-order chi connectivity index (χ0) is 28.6. The highest BCUT2D eigenvalue weighted by Gasteiger charge is 2.44. The van der Waals surface area contributed by atoms with E-state index in [0.717, 1.165) is 25.3 Å². The molecule has 1 spiro atoms. The van der Waals surface area contributed by atoms with Crippen LogP contribution < -0.4 is 10.6 Å². The number of carbonyl (C=O) groups is 1. The lowest BCUT2D eigenvalue weighted by atomic mass is 9.70. The van der Waals surface area contributed by atoms with Gasteiger partial charge in [-0.15, -0.1) is 11.8 Å². The number of thiophene rings is 1. The highest BCUT2D eigenvalue weighted by molar-refractivity contribution is 7.99. The van der Waals surface area contributed by atoms with Gasteiger partial charge in [-0.1, -0.05) is 24.6 Å². The van der Waals surface area contributed by atoms with Crippen LogP contribution >= 0.6 is 34.7 Å². The first-order valence-electron chi connectivity index (χ1n) is 13.2. The molecular formula is C28H28ClF3N4O2S2. The molecule has 6 rings (SSSR count). The van der Waals surface area contributed by atoms with E-state index >= 15 is 0 Å². The van der Waals surface area contributed by atoms with E-state index in [9.17, 15) is 22.8 Å². The summed E-state index contributed by atoms with van der Waals surface area (Å²) in [4.78, 5) is 34.6. The molecule has 1 saturated heterocycles. The summed E-state index contributed by atoms with van der Waals surface area (Å²) in [5, 5.41) is 3.82. The summed E-state index contributed by atoms with van der Waals surface area (Å²) in [6.45, 7) is 8.41. The minimum atomic E-state index is -4.67. The van der Waals surface area contributed by atoms with E-state index in [-0.39, 0.29) is 39.8 Å². The van der Waals surface area contributed by atoms with Crippen LogP contribution in [0.2, 0.25) is 5.02 Å². The number of carbonyl (C=O) groups excluding carboxylic acids is 1. The van der Waals surface area contributed by atoms with Crippen LogP contribution in [-0.2, 0) is 17.5 Å². The van der Waals surface area contributed by atoms with Crippen molar-refractivity contribution in [2.45, 2.75) is 62.8 Å². The van der Waals surface area contributed by atoms with Gasteiger partial charge in [0.25, 0.3) is 0 Å². The van der Waals surface area contributed by atoms with Crippen LogP contribution in [0.3, 0.4) is 0 Å². The molecule has 1 amide bonds. The third-order valence-corrected chi connectivity index (χ3v) is 11.1.